The zero-order valence-electron chi connectivity index (χ0n) is 22.5. The monoisotopic (exact) mass is 475 g/mol. The third-order valence-corrected chi connectivity index (χ3v) is 5.35. The maximum Gasteiger partial charge on any atom is 0.408 e. The summed E-state index contributed by atoms with van der Waals surface area (Å²) >= 11 is 0. The van der Waals surface area contributed by atoms with E-state index in [1.807, 2.05) is 58.9 Å². The predicted octanol–water partition coefficient (Wildman–Crippen LogP) is 5.13. The van der Waals surface area contributed by atoms with Crippen LogP contribution in [0.2, 0.25) is 0 Å². The second-order valence-corrected chi connectivity index (χ2v) is 10.6. The molecular formula is C27H45N3O4. The highest BCUT2D eigenvalue weighted by Crippen LogP contribution is 2.28. The summed E-state index contributed by atoms with van der Waals surface area (Å²) in [4.78, 5) is 41.6. The van der Waals surface area contributed by atoms with Gasteiger partial charge in [-0.1, -0.05) is 51.5 Å². The number of unbranched alkanes of at least 4 members (excludes halogenated alkanes) is 1. The number of nitrogens with zero attached hydrogens (tertiary/aromatic N) is 1. The number of amides is 3. The van der Waals surface area contributed by atoms with Crippen LogP contribution in [0.1, 0.15) is 91.8 Å². The number of benzene rings is 1. The molecule has 2 atom stereocenters. The van der Waals surface area contributed by atoms with Gasteiger partial charge in [0.05, 0.1) is 0 Å². The van der Waals surface area contributed by atoms with Crippen LogP contribution in [0.25, 0.3) is 0 Å². The SMILES string of the molecule is CCCCNC(=O)C(c1ccccc1C)N(C(=O)C(CC(C)C)NC(=O)OC(C)(C)C)C(C)C. The van der Waals surface area contributed by atoms with Crippen molar-refractivity contribution in [2.24, 2.45) is 5.92 Å². The fraction of sp³-hybridized carbons (Fsp3) is 0.667. The first-order valence-corrected chi connectivity index (χ1v) is 12.4. The summed E-state index contributed by atoms with van der Waals surface area (Å²) in [5.41, 5.74) is 1.02. The summed E-state index contributed by atoms with van der Waals surface area (Å²) in [7, 11) is 0. The van der Waals surface area contributed by atoms with Crippen molar-refractivity contribution >= 4 is 17.9 Å². The predicted molar refractivity (Wildman–Crippen MR) is 136 cm³/mol. The van der Waals surface area contributed by atoms with Gasteiger partial charge in [-0.3, -0.25) is 9.59 Å². The lowest BCUT2D eigenvalue weighted by atomic mass is 9.95. The van der Waals surface area contributed by atoms with E-state index in [0.717, 1.165) is 24.0 Å². The van der Waals surface area contributed by atoms with Crippen LogP contribution in [0.5, 0.6) is 0 Å². The highest BCUT2D eigenvalue weighted by Gasteiger charge is 2.38. The maximum atomic E-state index is 14.0. The summed E-state index contributed by atoms with van der Waals surface area (Å²) in [5.74, 6) is -0.369. The Morgan fingerprint density at radius 2 is 1.68 bits per heavy atom. The van der Waals surface area contributed by atoms with Crippen molar-refractivity contribution in [3.05, 3.63) is 35.4 Å². The van der Waals surface area contributed by atoms with Gasteiger partial charge in [0.15, 0.2) is 0 Å². The normalized spacial score (nSPS) is 13.4. The third kappa shape index (κ3) is 9.35. The number of carbonyl (C=O) groups is 3. The first-order chi connectivity index (χ1) is 15.8. The zero-order chi connectivity index (χ0) is 26.1. The van der Waals surface area contributed by atoms with Crippen LogP contribution in [0, 0.1) is 12.8 Å². The maximum absolute atomic E-state index is 14.0. The summed E-state index contributed by atoms with van der Waals surface area (Å²) in [6, 6.07) is 5.73. The van der Waals surface area contributed by atoms with Crippen LogP contribution in [-0.2, 0) is 14.3 Å². The minimum Gasteiger partial charge on any atom is -0.444 e. The highest BCUT2D eigenvalue weighted by atomic mass is 16.6. The Hall–Kier alpha value is -2.57. The highest BCUT2D eigenvalue weighted by molar-refractivity contribution is 5.92. The van der Waals surface area contributed by atoms with Crippen LogP contribution < -0.4 is 10.6 Å². The Labute approximate surface area is 206 Å². The standard InChI is InChI=1S/C27H45N3O4/c1-10-11-16-28-24(31)23(21-15-13-12-14-20(21)6)30(19(4)5)25(32)22(17-18(2)3)29-26(33)34-27(7,8)9/h12-15,18-19,22-23H,10-11,16-17H2,1-9H3,(H,28,31)(H,29,33). The van der Waals surface area contributed by atoms with E-state index in [1.54, 1.807) is 25.7 Å². The van der Waals surface area contributed by atoms with E-state index < -0.39 is 23.8 Å². The minimum atomic E-state index is -0.813. The number of rotatable bonds is 11. The van der Waals surface area contributed by atoms with Crippen LogP contribution in [0.15, 0.2) is 24.3 Å². The Bertz CT molecular complexity index is 814. The molecule has 0 radical (unpaired) electrons. The van der Waals surface area contributed by atoms with E-state index in [4.69, 9.17) is 4.74 Å². The molecular weight excluding hydrogens is 430 g/mol. The van der Waals surface area contributed by atoms with Crippen molar-refractivity contribution in [2.75, 3.05) is 6.54 Å². The topological polar surface area (TPSA) is 87.7 Å². The Morgan fingerprint density at radius 1 is 1.06 bits per heavy atom. The number of ether oxygens (including phenoxy) is 1. The van der Waals surface area contributed by atoms with Crippen molar-refractivity contribution < 1.29 is 19.1 Å². The fourth-order valence-electron chi connectivity index (χ4n) is 3.80. The second kappa shape index (κ2) is 13.4. The van der Waals surface area contributed by atoms with E-state index in [1.165, 1.54) is 0 Å². The van der Waals surface area contributed by atoms with Gasteiger partial charge < -0.3 is 20.3 Å². The van der Waals surface area contributed by atoms with Gasteiger partial charge in [0.25, 0.3) is 0 Å². The average Bonchev–Trinajstić information content (AvgIpc) is 2.69. The molecule has 2 N–H and O–H groups in total. The fourth-order valence-corrected chi connectivity index (χ4v) is 3.80. The molecule has 1 aromatic rings. The molecule has 1 rings (SSSR count). The number of nitrogens with one attached hydrogen (secondary N) is 2. The Balaban J connectivity index is 3.42. The zero-order valence-corrected chi connectivity index (χ0v) is 22.5. The van der Waals surface area contributed by atoms with Gasteiger partial charge in [-0.15, -0.1) is 0 Å². The van der Waals surface area contributed by atoms with E-state index in [9.17, 15) is 14.4 Å². The molecule has 0 aliphatic heterocycles. The van der Waals surface area contributed by atoms with E-state index >= 15 is 0 Å². The summed E-state index contributed by atoms with van der Waals surface area (Å²) in [6.45, 7) is 17.7. The van der Waals surface area contributed by atoms with E-state index in [-0.39, 0.29) is 23.8 Å². The van der Waals surface area contributed by atoms with Crippen molar-refractivity contribution in [3.63, 3.8) is 0 Å². The Kier molecular flexibility index (Phi) is 11.6. The average molecular weight is 476 g/mol. The number of carbonyl (C=O) groups excluding carboxylic acids is 3. The number of hydrogen-bond donors (Lipinski definition) is 2. The second-order valence-electron chi connectivity index (χ2n) is 10.6. The molecule has 7 nitrogen and oxygen atoms in total. The molecule has 2 unspecified atom stereocenters. The number of aryl methyl sites for hydroxylation is 1. The van der Waals surface area contributed by atoms with Crippen LogP contribution in [-0.4, -0.2) is 47.0 Å². The number of hydrogen-bond acceptors (Lipinski definition) is 4. The van der Waals surface area contributed by atoms with Gasteiger partial charge in [0.1, 0.15) is 17.7 Å². The molecule has 0 aliphatic rings. The van der Waals surface area contributed by atoms with Crippen molar-refractivity contribution in [1.29, 1.82) is 0 Å². The minimum absolute atomic E-state index is 0.146. The van der Waals surface area contributed by atoms with Gasteiger partial charge in [-0.25, -0.2) is 4.79 Å². The molecule has 0 fully saturated rings. The molecule has 0 spiro atoms. The van der Waals surface area contributed by atoms with Crippen molar-refractivity contribution in [1.82, 2.24) is 15.5 Å². The summed E-state index contributed by atoms with van der Waals surface area (Å²) in [5, 5.41) is 5.77. The van der Waals surface area contributed by atoms with Crippen LogP contribution in [0.3, 0.4) is 0 Å². The largest absolute Gasteiger partial charge is 0.444 e. The van der Waals surface area contributed by atoms with E-state index in [0.29, 0.717) is 13.0 Å². The smallest absolute Gasteiger partial charge is 0.408 e. The quantitative estimate of drug-likeness (QED) is 0.434. The molecule has 0 heterocycles. The molecule has 0 saturated heterocycles. The van der Waals surface area contributed by atoms with E-state index in [2.05, 4.69) is 17.6 Å². The molecule has 0 aromatic heterocycles. The van der Waals surface area contributed by atoms with Crippen molar-refractivity contribution in [2.45, 2.75) is 105 Å². The molecule has 3 amide bonds. The molecule has 1 aromatic carbocycles. The molecule has 7 heteroatoms. The van der Waals surface area contributed by atoms with Crippen LogP contribution >= 0.6 is 0 Å². The molecule has 0 saturated carbocycles. The lowest BCUT2D eigenvalue weighted by Gasteiger charge is -2.38. The molecule has 0 aliphatic carbocycles. The number of alkyl carbamates (subject to hydrolysis) is 1. The van der Waals surface area contributed by atoms with Gasteiger partial charge in [0.2, 0.25) is 11.8 Å². The first-order valence-electron chi connectivity index (χ1n) is 12.4. The lowest BCUT2D eigenvalue weighted by Crippen LogP contribution is -2.55. The summed E-state index contributed by atoms with van der Waals surface area (Å²) in [6.07, 6.45) is 1.60. The third-order valence-electron chi connectivity index (χ3n) is 5.35. The lowest BCUT2D eigenvalue weighted by molar-refractivity contribution is -0.145. The molecule has 34 heavy (non-hydrogen) atoms. The van der Waals surface area contributed by atoms with Crippen molar-refractivity contribution in [3.8, 4) is 0 Å². The Morgan fingerprint density at radius 3 is 2.18 bits per heavy atom. The van der Waals surface area contributed by atoms with Gasteiger partial charge >= 0.3 is 6.09 Å². The van der Waals surface area contributed by atoms with Gasteiger partial charge in [0, 0.05) is 12.6 Å². The van der Waals surface area contributed by atoms with Gasteiger partial charge in [-0.2, -0.15) is 0 Å². The summed E-state index contributed by atoms with van der Waals surface area (Å²) < 4.78 is 5.42. The molecule has 0 bridgehead atoms. The van der Waals surface area contributed by atoms with Gasteiger partial charge in [-0.05, 0) is 71.4 Å². The first kappa shape index (κ1) is 29.5. The van der Waals surface area contributed by atoms with Crippen LogP contribution in [0.4, 0.5) is 4.79 Å². The molecule has 192 valence electrons.